The van der Waals surface area contributed by atoms with Gasteiger partial charge in [-0.1, -0.05) is 48.5 Å². The summed E-state index contributed by atoms with van der Waals surface area (Å²) in [4.78, 5) is 38.1. The van der Waals surface area contributed by atoms with Crippen LogP contribution in [0.5, 0.6) is 0 Å². The van der Waals surface area contributed by atoms with Gasteiger partial charge in [-0.25, -0.2) is 4.79 Å². The predicted molar refractivity (Wildman–Crippen MR) is 110 cm³/mol. The van der Waals surface area contributed by atoms with Gasteiger partial charge in [-0.3, -0.25) is 14.9 Å². The lowest BCUT2D eigenvalue weighted by Gasteiger charge is -2.22. The summed E-state index contributed by atoms with van der Waals surface area (Å²) in [5, 5.41) is 21.3. The number of rotatable bonds is 5. The second-order valence-corrected chi connectivity index (χ2v) is 6.88. The van der Waals surface area contributed by atoms with Crippen molar-refractivity contribution >= 4 is 23.3 Å². The Morgan fingerprint density at radius 3 is 2.32 bits per heavy atom. The van der Waals surface area contributed by atoms with E-state index in [2.05, 4.69) is 0 Å². The molecular weight excluding hydrogens is 398 g/mol. The van der Waals surface area contributed by atoms with Gasteiger partial charge in [-0.05, 0) is 23.8 Å². The molecule has 0 saturated carbocycles. The Morgan fingerprint density at radius 1 is 1.06 bits per heavy atom. The van der Waals surface area contributed by atoms with E-state index < -0.39 is 22.4 Å². The first-order valence-electron chi connectivity index (χ1n) is 9.31. The highest BCUT2D eigenvalue weighted by atomic mass is 16.6. The van der Waals surface area contributed by atoms with Crippen LogP contribution in [0, 0.1) is 21.4 Å². The maximum atomic E-state index is 13.4. The molecule has 3 aromatic carbocycles. The number of amides is 1. The van der Waals surface area contributed by atoms with Crippen LogP contribution in [0.2, 0.25) is 0 Å². The maximum Gasteiger partial charge on any atom is 0.340 e. The van der Waals surface area contributed by atoms with Crippen LogP contribution in [0.1, 0.15) is 21.5 Å². The summed E-state index contributed by atoms with van der Waals surface area (Å²) in [7, 11) is 0. The second-order valence-electron chi connectivity index (χ2n) is 6.88. The van der Waals surface area contributed by atoms with Gasteiger partial charge in [-0.2, -0.15) is 5.26 Å². The zero-order valence-corrected chi connectivity index (χ0v) is 16.1. The summed E-state index contributed by atoms with van der Waals surface area (Å²) in [6.07, 6.45) is 0. The Bertz CT molecular complexity index is 1220. The molecule has 1 aliphatic rings. The molecule has 1 unspecified atom stereocenters. The van der Waals surface area contributed by atoms with Gasteiger partial charge in [-0.15, -0.1) is 0 Å². The van der Waals surface area contributed by atoms with Crippen molar-refractivity contribution in [3.8, 4) is 6.07 Å². The molecule has 8 heteroatoms. The second kappa shape index (κ2) is 7.72. The van der Waals surface area contributed by atoms with Gasteiger partial charge in [0.15, 0.2) is 0 Å². The van der Waals surface area contributed by atoms with Crippen LogP contribution in [0.3, 0.4) is 0 Å². The molecule has 8 nitrogen and oxygen atoms in total. The van der Waals surface area contributed by atoms with E-state index in [1.165, 1.54) is 29.2 Å². The van der Waals surface area contributed by atoms with Crippen molar-refractivity contribution in [2.24, 2.45) is 0 Å². The van der Waals surface area contributed by atoms with Gasteiger partial charge in [0.1, 0.15) is 6.07 Å². The number of nitrogens with zero attached hydrogens (tertiary/aromatic N) is 3. The molecule has 1 aliphatic heterocycles. The molecular formula is C23H15N3O5. The largest absolute Gasteiger partial charge is 0.426 e. The van der Waals surface area contributed by atoms with E-state index in [4.69, 9.17) is 4.74 Å². The third kappa shape index (κ3) is 3.38. The van der Waals surface area contributed by atoms with Gasteiger partial charge in [0, 0.05) is 12.1 Å². The molecule has 1 atom stereocenters. The maximum absolute atomic E-state index is 13.4. The minimum absolute atomic E-state index is 0.0330. The fourth-order valence-electron chi connectivity index (χ4n) is 3.49. The number of nitro groups is 1. The molecule has 1 heterocycles. The van der Waals surface area contributed by atoms with Crippen molar-refractivity contribution < 1.29 is 19.2 Å². The van der Waals surface area contributed by atoms with Crippen molar-refractivity contribution in [2.75, 3.05) is 4.90 Å². The number of nitriles is 1. The predicted octanol–water partition coefficient (Wildman–Crippen LogP) is 3.72. The Labute approximate surface area is 177 Å². The van der Waals surface area contributed by atoms with Crippen LogP contribution in [0.15, 0.2) is 78.9 Å². The zero-order valence-electron chi connectivity index (χ0n) is 16.1. The monoisotopic (exact) mass is 413 g/mol. The number of carbonyl (C=O) groups excluding carboxylic acids is 2. The SMILES string of the molecule is N#CC1(OC(=O)c2ccccc2)C(=O)N(Cc2ccccc2)c2ccc([N+](=O)[O-])cc21. The van der Waals surface area contributed by atoms with Crippen LogP contribution < -0.4 is 4.90 Å². The lowest BCUT2D eigenvalue weighted by Crippen LogP contribution is -2.42. The molecule has 0 radical (unpaired) electrons. The molecule has 152 valence electrons. The fourth-order valence-corrected chi connectivity index (χ4v) is 3.49. The van der Waals surface area contributed by atoms with E-state index in [0.717, 1.165) is 11.6 Å². The number of benzene rings is 3. The lowest BCUT2D eigenvalue weighted by molar-refractivity contribution is -0.385. The number of hydrogen-bond acceptors (Lipinski definition) is 6. The van der Waals surface area contributed by atoms with Crippen LogP contribution in [-0.4, -0.2) is 16.8 Å². The molecule has 0 N–H and O–H groups in total. The van der Waals surface area contributed by atoms with Crippen LogP contribution >= 0.6 is 0 Å². The molecule has 0 aromatic heterocycles. The van der Waals surface area contributed by atoms with Gasteiger partial charge in [0.05, 0.1) is 28.3 Å². The average molecular weight is 413 g/mol. The van der Waals surface area contributed by atoms with Crippen LogP contribution in [0.25, 0.3) is 0 Å². The Morgan fingerprint density at radius 2 is 1.71 bits per heavy atom. The molecule has 0 aliphatic carbocycles. The summed E-state index contributed by atoms with van der Waals surface area (Å²) in [5.74, 6) is -1.66. The summed E-state index contributed by atoms with van der Waals surface area (Å²) in [6.45, 7) is 0.108. The van der Waals surface area contributed by atoms with E-state index in [0.29, 0.717) is 0 Å². The highest BCUT2D eigenvalue weighted by Crippen LogP contribution is 2.45. The first-order valence-corrected chi connectivity index (χ1v) is 9.31. The van der Waals surface area contributed by atoms with Crippen molar-refractivity contribution in [3.63, 3.8) is 0 Å². The number of fused-ring (bicyclic) bond motifs is 1. The van der Waals surface area contributed by atoms with E-state index in [-0.39, 0.29) is 29.0 Å². The third-order valence-electron chi connectivity index (χ3n) is 5.00. The first kappa shape index (κ1) is 19.8. The summed E-state index contributed by atoms with van der Waals surface area (Å²) in [5.41, 5.74) is -1.47. The van der Waals surface area contributed by atoms with E-state index >= 15 is 0 Å². The molecule has 4 rings (SSSR count). The molecule has 0 fully saturated rings. The summed E-state index contributed by atoms with van der Waals surface area (Å²) >= 11 is 0. The lowest BCUT2D eigenvalue weighted by atomic mass is 9.96. The Kier molecular flexibility index (Phi) is 4.93. The summed E-state index contributed by atoms with van der Waals surface area (Å²) < 4.78 is 5.46. The average Bonchev–Trinajstić information content (AvgIpc) is 3.02. The van der Waals surface area contributed by atoms with Crippen molar-refractivity contribution in [3.05, 3.63) is 106 Å². The zero-order chi connectivity index (χ0) is 22.0. The van der Waals surface area contributed by atoms with Gasteiger partial charge in [0.25, 0.3) is 11.6 Å². The smallest absolute Gasteiger partial charge is 0.340 e. The minimum atomic E-state index is -2.33. The highest BCUT2D eigenvalue weighted by Gasteiger charge is 2.56. The summed E-state index contributed by atoms with van der Waals surface area (Å²) in [6, 6.07) is 22.5. The number of esters is 1. The fraction of sp³-hybridized carbons (Fsp3) is 0.0870. The molecule has 1 amide bonds. The first-order chi connectivity index (χ1) is 15.0. The van der Waals surface area contributed by atoms with Gasteiger partial charge < -0.3 is 9.64 Å². The van der Waals surface area contributed by atoms with Crippen LogP contribution in [0.4, 0.5) is 11.4 Å². The topological polar surface area (TPSA) is 114 Å². The molecule has 0 spiro atoms. The standard InChI is InChI=1S/C23H15N3O5/c24-15-23(31-21(27)17-9-5-2-6-10-17)19-13-18(26(29)30)11-12-20(19)25(22(23)28)14-16-7-3-1-4-8-16/h1-13H,14H2. The highest BCUT2D eigenvalue weighted by molar-refractivity contribution is 6.10. The quantitative estimate of drug-likeness (QED) is 0.358. The van der Waals surface area contributed by atoms with Crippen molar-refractivity contribution in [2.45, 2.75) is 12.1 Å². The number of hydrogen-bond donors (Lipinski definition) is 0. The normalized spacial score (nSPS) is 17.0. The molecule has 0 saturated heterocycles. The van der Waals surface area contributed by atoms with E-state index in [1.54, 1.807) is 42.5 Å². The third-order valence-corrected chi connectivity index (χ3v) is 5.00. The molecule has 3 aromatic rings. The number of nitro benzene ring substituents is 1. The van der Waals surface area contributed by atoms with Crippen molar-refractivity contribution in [1.82, 2.24) is 0 Å². The van der Waals surface area contributed by atoms with Crippen LogP contribution in [-0.2, 0) is 21.7 Å². The molecule has 31 heavy (non-hydrogen) atoms. The minimum Gasteiger partial charge on any atom is -0.426 e. The number of ether oxygens (including phenoxy) is 1. The van der Waals surface area contributed by atoms with Crippen molar-refractivity contribution in [1.29, 1.82) is 5.26 Å². The Balaban J connectivity index is 1.82. The van der Waals surface area contributed by atoms with E-state index in [1.807, 2.05) is 12.1 Å². The van der Waals surface area contributed by atoms with Gasteiger partial charge in [0.2, 0.25) is 0 Å². The number of non-ortho nitro benzene ring substituents is 1. The number of carbonyl (C=O) groups is 2. The Hall–Kier alpha value is -4.51. The number of anilines is 1. The van der Waals surface area contributed by atoms with Gasteiger partial charge >= 0.3 is 11.6 Å². The molecule has 0 bridgehead atoms. The van der Waals surface area contributed by atoms with E-state index in [9.17, 15) is 25.0 Å².